The van der Waals surface area contributed by atoms with E-state index in [1.165, 1.54) is 6.26 Å². The summed E-state index contributed by atoms with van der Waals surface area (Å²) in [6, 6.07) is 6.42. The molecule has 1 N–H and O–H groups in total. The Morgan fingerprint density at radius 1 is 1.28 bits per heavy atom. The highest BCUT2D eigenvalue weighted by Crippen LogP contribution is 2.52. The number of pyridine rings is 1. The molecule has 0 aromatic carbocycles. The van der Waals surface area contributed by atoms with Crippen LogP contribution in [-0.4, -0.2) is 55.8 Å². The summed E-state index contributed by atoms with van der Waals surface area (Å²) in [5.74, 6) is 1.41. The van der Waals surface area contributed by atoms with Crippen LogP contribution in [0.2, 0.25) is 0 Å². The Morgan fingerprint density at radius 3 is 2.72 bits per heavy atom. The zero-order chi connectivity index (χ0) is 22.7. The van der Waals surface area contributed by atoms with Crippen molar-refractivity contribution in [2.75, 3.05) is 30.9 Å². The van der Waals surface area contributed by atoms with Crippen LogP contribution < -0.4 is 4.90 Å². The highest BCUT2D eigenvalue weighted by atomic mass is 32.2. The van der Waals surface area contributed by atoms with Gasteiger partial charge in [0.05, 0.1) is 39.4 Å². The maximum Gasteiger partial charge on any atom is 0.162 e. The minimum Gasteiger partial charge on any atom is -0.377 e. The van der Waals surface area contributed by atoms with Gasteiger partial charge in [0.25, 0.3) is 0 Å². The monoisotopic (exact) mass is 454 g/mol. The predicted molar refractivity (Wildman–Crippen MR) is 126 cm³/mol. The van der Waals surface area contributed by atoms with Gasteiger partial charge in [0.1, 0.15) is 11.5 Å². The third-order valence-electron chi connectivity index (χ3n) is 6.70. The lowest BCUT2D eigenvalue weighted by atomic mass is 10.1. The minimum absolute atomic E-state index is 0.177. The summed E-state index contributed by atoms with van der Waals surface area (Å²) >= 11 is 0. The van der Waals surface area contributed by atoms with Gasteiger partial charge in [0.2, 0.25) is 0 Å². The number of fused-ring (bicyclic) bond motifs is 1. The van der Waals surface area contributed by atoms with Gasteiger partial charge < -0.3 is 14.2 Å². The van der Waals surface area contributed by atoms with E-state index >= 15 is 0 Å². The lowest BCUT2D eigenvalue weighted by molar-refractivity contribution is 0.0985. The average molecular weight is 455 g/mol. The van der Waals surface area contributed by atoms with Crippen LogP contribution in [0.5, 0.6) is 0 Å². The van der Waals surface area contributed by atoms with E-state index in [1.54, 1.807) is 6.20 Å². The molecule has 0 bridgehead atoms. The van der Waals surface area contributed by atoms with Gasteiger partial charge in [-0.2, -0.15) is 0 Å². The smallest absolute Gasteiger partial charge is 0.162 e. The van der Waals surface area contributed by atoms with Crippen LogP contribution in [0, 0.1) is 4.78 Å². The molecule has 4 heterocycles. The third kappa shape index (κ3) is 3.38. The summed E-state index contributed by atoms with van der Waals surface area (Å²) in [5, 5.41) is 0.993. The van der Waals surface area contributed by atoms with Crippen LogP contribution in [-0.2, 0) is 19.2 Å². The number of hydrogen-bond donors (Lipinski definition) is 1. The number of nitrogens with one attached hydrogen (secondary N) is 1. The summed E-state index contributed by atoms with van der Waals surface area (Å²) in [6.45, 7) is 8.40. The molecule has 2 aliphatic rings. The second-order valence-corrected chi connectivity index (χ2v) is 11.8. The van der Waals surface area contributed by atoms with Gasteiger partial charge in [-0.05, 0) is 45.7 Å². The summed E-state index contributed by atoms with van der Waals surface area (Å²) in [7, 11) is -2.80. The molecule has 3 aromatic rings. The van der Waals surface area contributed by atoms with Crippen molar-refractivity contribution in [3.05, 3.63) is 36.3 Å². The summed E-state index contributed by atoms with van der Waals surface area (Å²) in [4.78, 5) is 16.7. The van der Waals surface area contributed by atoms with E-state index in [0.717, 1.165) is 41.8 Å². The first-order chi connectivity index (χ1) is 15.2. The van der Waals surface area contributed by atoms with E-state index < -0.39 is 14.5 Å². The van der Waals surface area contributed by atoms with E-state index in [4.69, 9.17) is 19.5 Å². The lowest BCUT2D eigenvalue weighted by Gasteiger charge is -2.35. The lowest BCUT2D eigenvalue weighted by Crippen LogP contribution is -2.44. The van der Waals surface area contributed by atoms with Crippen molar-refractivity contribution >= 4 is 26.6 Å². The molecule has 8 nitrogen and oxygen atoms in total. The normalized spacial score (nSPS) is 22.3. The highest BCUT2D eigenvalue weighted by molar-refractivity contribution is 7.92. The number of anilines is 1. The molecule has 1 aliphatic carbocycles. The van der Waals surface area contributed by atoms with Crippen LogP contribution in [0.15, 0.2) is 30.6 Å². The molecular weight excluding hydrogens is 424 g/mol. The fraction of sp³-hybridized carbons (Fsp3) is 0.522. The Labute approximate surface area is 189 Å². The Bertz CT molecular complexity index is 1280. The SMILES string of the molecule is CC(C)n1ccc2c(-c3nc(N4CCOC[C@H]4C)cc(C4([S@](C)(=N)=O)CC4)n3)ccnc21. The van der Waals surface area contributed by atoms with Gasteiger partial charge in [-0.1, -0.05) is 0 Å². The van der Waals surface area contributed by atoms with Crippen molar-refractivity contribution in [2.45, 2.75) is 50.4 Å². The molecule has 1 saturated heterocycles. The zero-order valence-electron chi connectivity index (χ0n) is 19.0. The van der Waals surface area contributed by atoms with Crippen molar-refractivity contribution in [2.24, 2.45) is 0 Å². The molecule has 1 aliphatic heterocycles. The fourth-order valence-corrected chi connectivity index (χ4v) is 6.02. The average Bonchev–Trinajstić information content (AvgIpc) is 3.47. The van der Waals surface area contributed by atoms with Gasteiger partial charge in [-0.15, -0.1) is 0 Å². The number of rotatable bonds is 5. The number of ether oxygens (including phenoxy) is 1. The number of hydrogen-bond acceptors (Lipinski definition) is 7. The highest BCUT2D eigenvalue weighted by Gasteiger charge is 2.53. The van der Waals surface area contributed by atoms with Crippen molar-refractivity contribution in [1.29, 1.82) is 4.78 Å². The predicted octanol–water partition coefficient (Wildman–Crippen LogP) is 3.96. The largest absolute Gasteiger partial charge is 0.377 e. The Morgan fingerprint density at radius 2 is 2.06 bits per heavy atom. The van der Waals surface area contributed by atoms with Gasteiger partial charge in [0.15, 0.2) is 5.82 Å². The first-order valence-corrected chi connectivity index (χ1v) is 13.1. The third-order valence-corrected chi connectivity index (χ3v) is 8.81. The van der Waals surface area contributed by atoms with E-state index in [2.05, 4.69) is 41.3 Å². The van der Waals surface area contributed by atoms with Gasteiger partial charge >= 0.3 is 0 Å². The Hall–Kier alpha value is -2.52. The van der Waals surface area contributed by atoms with Crippen molar-refractivity contribution in [1.82, 2.24) is 19.5 Å². The number of nitrogens with zero attached hydrogens (tertiary/aromatic N) is 5. The molecule has 170 valence electrons. The number of aromatic nitrogens is 4. The molecule has 2 fully saturated rings. The number of morpholine rings is 1. The van der Waals surface area contributed by atoms with Crippen LogP contribution in [0.4, 0.5) is 5.82 Å². The van der Waals surface area contributed by atoms with E-state index in [9.17, 15) is 4.21 Å². The molecule has 5 rings (SSSR count). The van der Waals surface area contributed by atoms with Crippen LogP contribution >= 0.6 is 0 Å². The van der Waals surface area contributed by atoms with Crippen molar-refractivity contribution < 1.29 is 8.95 Å². The Kier molecular flexibility index (Phi) is 5.01. The molecule has 32 heavy (non-hydrogen) atoms. The summed E-state index contributed by atoms with van der Waals surface area (Å²) < 4.78 is 28.4. The van der Waals surface area contributed by atoms with Crippen molar-refractivity contribution in [3.8, 4) is 11.4 Å². The van der Waals surface area contributed by atoms with Gasteiger partial charge in [-0.3, -0.25) is 4.78 Å². The molecule has 0 amide bonds. The summed E-state index contributed by atoms with van der Waals surface area (Å²) in [6.07, 6.45) is 6.81. The first-order valence-electron chi connectivity index (χ1n) is 11.1. The van der Waals surface area contributed by atoms with E-state index in [-0.39, 0.29) is 12.1 Å². The molecule has 0 radical (unpaired) electrons. The Balaban J connectivity index is 1.72. The molecule has 0 unspecified atom stereocenters. The minimum atomic E-state index is -2.80. The second-order valence-electron chi connectivity index (χ2n) is 9.30. The fourth-order valence-electron chi connectivity index (χ4n) is 4.63. The van der Waals surface area contributed by atoms with Crippen LogP contribution in [0.25, 0.3) is 22.4 Å². The standard InChI is InChI=1S/C23H30N6O2S/c1-15(2)28-10-6-18-17(5-9-25-22(18)28)21-26-19(23(7-8-23)32(4,24)30)13-20(27-21)29-11-12-31-14-16(29)3/h5-6,9-10,13,15-16,24H,7-8,11-12,14H2,1-4H3/t16-,32-/m1/s1. The van der Waals surface area contributed by atoms with Crippen molar-refractivity contribution in [3.63, 3.8) is 0 Å². The molecule has 0 spiro atoms. The molecule has 1 saturated carbocycles. The van der Waals surface area contributed by atoms with E-state index in [1.807, 2.05) is 18.3 Å². The van der Waals surface area contributed by atoms with Crippen LogP contribution in [0.1, 0.15) is 45.3 Å². The summed E-state index contributed by atoms with van der Waals surface area (Å²) in [5.41, 5.74) is 2.52. The maximum absolute atomic E-state index is 12.9. The topological polar surface area (TPSA) is 97.0 Å². The second kappa shape index (κ2) is 7.52. The van der Waals surface area contributed by atoms with Crippen LogP contribution in [0.3, 0.4) is 0 Å². The maximum atomic E-state index is 12.9. The molecule has 3 aromatic heterocycles. The van der Waals surface area contributed by atoms with Gasteiger partial charge in [-0.25, -0.2) is 19.2 Å². The quantitative estimate of drug-likeness (QED) is 0.627. The van der Waals surface area contributed by atoms with Gasteiger partial charge in [0, 0.05) is 48.3 Å². The van der Waals surface area contributed by atoms with E-state index in [0.29, 0.717) is 24.7 Å². The molecular formula is C23H30N6O2S. The molecule has 9 heteroatoms. The molecule has 2 atom stereocenters. The first kappa shape index (κ1) is 21.3. The zero-order valence-corrected chi connectivity index (χ0v) is 19.9.